The lowest BCUT2D eigenvalue weighted by atomic mass is 9.96. The first-order chi connectivity index (χ1) is 11.3. The second-order valence-corrected chi connectivity index (χ2v) is 9.57. The molecule has 0 saturated heterocycles. The van der Waals surface area contributed by atoms with Crippen LogP contribution in [0, 0.1) is 0 Å². The number of rotatable bonds is 8. The fourth-order valence-corrected chi connectivity index (χ4v) is 3.69. The van der Waals surface area contributed by atoms with E-state index in [1.807, 2.05) is 13.0 Å². The number of hydrogen-bond donors (Lipinski definition) is 2. The van der Waals surface area contributed by atoms with Crippen molar-refractivity contribution in [1.29, 1.82) is 0 Å². The van der Waals surface area contributed by atoms with Crippen molar-refractivity contribution in [3.05, 3.63) is 34.3 Å². The molecule has 0 spiro atoms. The van der Waals surface area contributed by atoms with Gasteiger partial charge in [0.2, 0.25) is 0 Å². The van der Waals surface area contributed by atoms with Gasteiger partial charge in [-0.25, -0.2) is 8.42 Å². The van der Waals surface area contributed by atoms with E-state index in [0.29, 0.717) is 13.0 Å². The van der Waals surface area contributed by atoms with Crippen molar-refractivity contribution in [2.45, 2.75) is 31.6 Å². The molecule has 1 aromatic carbocycles. The molecule has 1 fully saturated rings. The van der Waals surface area contributed by atoms with Crippen molar-refractivity contribution in [2.75, 3.05) is 31.6 Å². The number of sulfone groups is 1. The third-order valence-corrected chi connectivity index (χ3v) is 5.68. The third kappa shape index (κ3) is 7.82. The van der Waals surface area contributed by atoms with Crippen LogP contribution < -0.4 is 10.6 Å². The summed E-state index contributed by atoms with van der Waals surface area (Å²) in [5, 5.41) is 6.45. The lowest BCUT2D eigenvalue weighted by molar-refractivity contribution is 0.598. The molecule has 0 aliphatic heterocycles. The predicted molar refractivity (Wildman–Crippen MR) is 119 cm³/mol. The Balaban J connectivity index is 0.00000312. The number of benzene rings is 1. The van der Waals surface area contributed by atoms with Gasteiger partial charge in [0.15, 0.2) is 5.96 Å². The molecule has 142 valence electrons. The fraction of sp³-hybridized carbons (Fsp3) is 0.588. The highest BCUT2D eigenvalue weighted by Gasteiger charge is 2.44. The van der Waals surface area contributed by atoms with Gasteiger partial charge in [0.25, 0.3) is 0 Å². The van der Waals surface area contributed by atoms with Crippen LogP contribution in [0.25, 0.3) is 0 Å². The minimum absolute atomic E-state index is 0. The Morgan fingerprint density at radius 1 is 1.32 bits per heavy atom. The van der Waals surface area contributed by atoms with Gasteiger partial charge in [-0.2, -0.15) is 0 Å². The van der Waals surface area contributed by atoms with Crippen molar-refractivity contribution >= 4 is 55.7 Å². The molecule has 1 saturated carbocycles. The Morgan fingerprint density at radius 3 is 2.60 bits per heavy atom. The number of halogens is 2. The van der Waals surface area contributed by atoms with Crippen molar-refractivity contribution < 1.29 is 8.42 Å². The summed E-state index contributed by atoms with van der Waals surface area (Å²) in [4.78, 5) is 4.72. The van der Waals surface area contributed by atoms with Gasteiger partial charge in [-0.3, -0.25) is 4.99 Å². The van der Waals surface area contributed by atoms with Crippen LogP contribution in [0.3, 0.4) is 0 Å². The minimum atomic E-state index is -2.90. The Hall–Kier alpha value is -0.350. The standard InChI is InChI=1S/C17H26BrN3O2S.HI/c1-3-19-16(20-10-5-11-24(2,22)23)21-13-17(8-9-17)14-6-4-7-15(18)12-14;/h4,6-7,12H,3,5,8-11,13H2,1-2H3,(H2,19,20,21);1H. The Morgan fingerprint density at radius 2 is 2.04 bits per heavy atom. The SMILES string of the molecule is CCNC(=NCC1(c2cccc(Br)c2)CC1)NCCCS(C)(=O)=O.I. The summed E-state index contributed by atoms with van der Waals surface area (Å²) < 4.78 is 23.4. The predicted octanol–water partition coefficient (Wildman–Crippen LogP) is 3.09. The van der Waals surface area contributed by atoms with Crippen molar-refractivity contribution in [1.82, 2.24) is 10.6 Å². The lowest BCUT2D eigenvalue weighted by Crippen LogP contribution is -2.38. The Labute approximate surface area is 176 Å². The van der Waals surface area contributed by atoms with Crippen LogP contribution in [-0.4, -0.2) is 46.0 Å². The monoisotopic (exact) mass is 543 g/mol. The van der Waals surface area contributed by atoms with E-state index in [1.165, 1.54) is 11.8 Å². The van der Waals surface area contributed by atoms with Gasteiger partial charge in [0.1, 0.15) is 9.84 Å². The van der Waals surface area contributed by atoms with Gasteiger partial charge in [0.05, 0.1) is 12.3 Å². The molecule has 1 aromatic rings. The van der Waals surface area contributed by atoms with Crippen LogP contribution in [-0.2, 0) is 15.3 Å². The Bertz CT molecular complexity index is 691. The highest BCUT2D eigenvalue weighted by Crippen LogP contribution is 2.48. The van der Waals surface area contributed by atoms with Crippen LogP contribution >= 0.6 is 39.9 Å². The molecular formula is C17H27BrIN3O2S. The Kier molecular flexibility index (Phi) is 9.17. The summed E-state index contributed by atoms with van der Waals surface area (Å²) in [5.41, 5.74) is 1.48. The number of guanidine groups is 1. The first-order valence-electron chi connectivity index (χ1n) is 8.31. The molecule has 0 aromatic heterocycles. The number of nitrogens with one attached hydrogen (secondary N) is 2. The van der Waals surface area contributed by atoms with E-state index >= 15 is 0 Å². The summed E-state index contributed by atoms with van der Waals surface area (Å²) in [6, 6.07) is 8.45. The number of hydrogen-bond acceptors (Lipinski definition) is 3. The molecular weight excluding hydrogens is 517 g/mol. The van der Waals surface area contributed by atoms with Gasteiger partial charge in [-0.05, 0) is 43.9 Å². The van der Waals surface area contributed by atoms with Crippen molar-refractivity contribution in [2.24, 2.45) is 4.99 Å². The number of nitrogens with zero attached hydrogens (tertiary/aromatic N) is 1. The summed E-state index contributed by atoms with van der Waals surface area (Å²) in [6.45, 7) is 4.14. The average Bonchev–Trinajstić information content (AvgIpc) is 3.29. The summed E-state index contributed by atoms with van der Waals surface area (Å²) in [5.74, 6) is 0.953. The summed E-state index contributed by atoms with van der Waals surface area (Å²) >= 11 is 3.54. The maximum Gasteiger partial charge on any atom is 0.191 e. The average molecular weight is 544 g/mol. The molecule has 0 unspecified atom stereocenters. The summed E-state index contributed by atoms with van der Waals surface area (Å²) in [6.07, 6.45) is 4.15. The van der Waals surface area contributed by atoms with Gasteiger partial charge < -0.3 is 10.6 Å². The topological polar surface area (TPSA) is 70.6 Å². The molecule has 5 nitrogen and oxygen atoms in total. The van der Waals surface area contributed by atoms with Crippen molar-refractivity contribution in [3.8, 4) is 0 Å². The van der Waals surface area contributed by atoms with Crippen LogP contribution in [0.5, 0.6) is 0 Å². The molecule has 1 aliphatic rings. The van der Waals surface area contributed by atoms with Crippen LogP contribution in [0.4, 0.5) is 0 Å². The third-order valence-electron chi connectivity index (χ3n) is 4.16. The molecule has 0 bridgehead atoms. The highest BCUT2D eigenvalue weighted by molar-refractivity contribution is 14.0. The van der Waals surface area contributed by atoms with Gasteiger partial charge >= 0.3 is 0 Å². The molecule has 0 atom stereocenters. The first-order valence-corrected chi connectivity index (χ1v) is 11.2. The normalized spacial score (nSPS) is 16.0. The number of aliphatic imine (C=N–C) groups is 1. The maximum atomic E-state index is 11.2. The van der Waals surface area contributed by atoms with E-state index in [-0.39, 0.29) is 35.1 Å². The zero-order valence-electron chi connectivity index (χ0n) is 14.7. The van der Waals surface area contributed by atoms with E-state index in [9.17, 15) is 8.42 Å². The van der Waals surface area contributed by atoms with Crippen LogP contribution in [0.15, 0.2) is 33.7 Å². The lowest BCUT2D eigenvalue weighted by Gasteiger charge is -2.16. The molecule has 2 N–H and O–H groups in total. The maximum absolute atomic E-state index is 11.2. The molecule has 0 radical (unpaired) electrons. The van der Waals surface area contributed by atoms with Crippen molar-refractivity contribution in [3.63, 3.8) is 0 Å². The summed E-state index contributed by atoms with van der Waals surface area (Å²) in [7, 11) is -2.90. The van der Waals surface area contributed by atoms with E-state index in [1.54, 1.807) is 0 Å². The fourth-order valence-electron chi connectivity index (χ4n) is 2.62. The quantitative estimate of drug-likeness (QED) is 0.229. The largest absolute Gasteiger partial charge is 0.357 e. The minimum Gasteiger partial charge on any atom is -0.357 e. The van der Waals surface area contributed by atoms with E-state index < -0.39 is 9.84 Å². The zero-order valence-corrected chi connectivity index (χ0v) is 19.5. The molecule has 1 aliphatic carbocycles. The van der Waals surface area contributed by atoms with Gasteiger partial charge in [0, 0.05) is 29.2 Å². The second kappa shape index (κ2) is 10.1. The zero-order chi connectivity index (χ0) is 17.6. The molecule has 2 rings (SSSR count). The van der Waals surface area contributed by atoms with E-state index in [2.05, 4.69) is 44.8 Å². The molecule has 25 heavy (non-hydrogen) atoms. The highest BCUT2D eigenvalue weighted by atomic mass is 127. The molecule has 0 amide bonds. The van der Waals surface area contributed by atoms with Crippen LogP contribution in [0.1, 0.15) is 31.7 Å². The first kappa shape index (κ1) is 22.7. The molecule has 8 heteroatoms. The van der Waals surface area contributed by atoms with E-state index in [0.717, 1.165) is 36.4 Å². The van der Waals surface area contributed by atoms with Crippen LogP contribution in [0.2, 0.25) is 0 Å². The van der Waals surface area contributed by atoms with E-state index in [4.69, 9.17) is 4.99 Å². The second-order valence-electron chi connectivity index (χ2n) is 6.40. The van der Waals surface area contributed by atoms with Gasteiger partial charge in [-0.15, -0.1) is 24.0 Å². The smallest absolute Gasteiger partial charge is 0.191 e. The molecule has 0 heterocycles. The van der Waals surface area contributed by atoms with Gasteiger partial charge in [-0.1, -0.05) is 28.1 Å².